The van der Waals surface area contributed by atoms with Crippen molar-refractivity contribution in [3.63, 3.8) is 0 Å². The van der Waals surface area contributed by atoms with Gasteiger partial charge in [0, 0.05) is 17.1 Å². The standard InChI is InChI=1S/C8H12N2S/c1-6(9)3-4-8-10-7(2)5-11-8/h3-6H,9H2,1-2H3/b4-3+. The van der Waals surface area contributed by atoms with E-state index < -0.39 is 0 Å². The van der Waals surface area contributed by atoms with E-state index in [1.165, 1.54) is 0 Å². The third-order valence-electron chi connectivity index (χ3n) is 1.18. The quantitative estimate of drug-likeness (QED) is 0.731. The van der Waals surface area contributed by atoms with Gasteiger partial charge in [0.15, 0.2) is 0 Å². The summed E-state index contributed by atoms with van der Waals surface area (Å²) < 4.78 is 0. The highest BCUT2D eigenvalue weighted by atomic mass is 32.1. The van der Waals surface area contributed by atoms with Crippen LogP contribution in [0.1, 0.15) is 17.6 Å². The molecule has 0 spiro atoms. The van der Waals surface area contributed by atoms with Crippen LogP contribution in [0.15, 0.2) is 11.5 Å². The lowest BCUT2D eigenvalue weighted by Gasteiger charge is -1.91. The summed E-state index contributed by atoms with van der Waals surface area (Å²) in [7, 11) is 0. The SMILES string of the molecule is Cc1csc(/C=C/C(C)N)n1. The lowest BCUT2D eigenvalue weighted by molar-refractivity contribution is 0.930. The number of rotatable bonds is 2. The van der Waals surface area contributed by atoms with Crippen molar-refractivity contribution >= 4 is 17.4 Å². The molecule has 1 unspecified atom stereocenters. The summed E-state index contributed by atoms with van der Waals surface area (Å²) in [5, 5.41) is 3.06. The molecule has 0 aromatic carbocycles. The van der Waals surface area contributed by atoms with E-state index in [0.29, 0.717) is 0 Å². The lowest BCUT2D eigenvalue weighted by atomic mass is 10.3. The van der Waals surface area contributed by atoms with Crippen molar-refractivity contribution in [3.8, 4) is 0 Å². The van der Waals surface area contributed by atoms with Gasteiger partial charge in [-0.3, -0.25) is 0 Å². The molecule has 0 saturated carbocycles. The van der Waals surface area contributed by atoms with Gasteiger partial charge >= 0.3 is 0 Å². The second kappa shape index (κ2) is 3.64. The molecule has 2 N–H and O–H groups in total. The molecule has 0 saturated heterocycles. The fraction of sp³-hybridized carbons (Fsp3) is 0.375. The average Bonchev–Trinajstić information content (AvgIpc) is 2.31. The maximum Gasteiger partial charge on any atom is 0.116 e. The molecule has 0 bridgehead atoms. The molecule has 2 nitrogen and oxygen atoms in total. The minimum absolute atomic E-state index is 0.110. The van der Waals surface area contributed by atoms with Crippen LogP contribution in [0.2, 0.25) is 0 Å². The van der Waals surface area contributed by atoms with Gasteiger partial charge in [-0.15, -0.1) is 11.3 Å². The Morgan fingerprint density at radius 2 is 2.45 bits per heavy atom. The van der Waals surface area contributed by atoms with Crippen LogP contribution >= 0.6 is 11.3 Å². The first-order valence-corrected chi connectivity index (χ1v) is 4.42. The Balaban J connectivity index is 2.64. The van der Waals surface area contributed by atoms with Gasteiger partial charge in [0.05, 0.1) is 0 Å². The molecule has 1 aromatic heterocycles. The minimum atomic E-state index is 0.110. The van der Waals surface area contributed by atoms with Crippen LogP contribution < -0.4 is 5.73 Å². The Morgan fingerprint density at radius 1 is 1.73 bits per heavy atom. The fourth-order valence-corrected chi connectivity index (χ4v) is 1.38. The average molecular weight is 168 g/mol. The van der Waals surface area contributed by atoms with Gasteiger partial charge in [-0.1, -0.05) is 6.08 Å². The summed E-state index contributed by atoms with van der Waals surface area (Å²) in [5.41, 5.74) is 6.61. The van der Waals surface area contributed by atoms with Crippen LogP contribution in [0.4, 0.5) is 0 Å². The second-order valence-corrected chi connectivity index (χ2v) is 3.44. The van der Waals surface area contributed by atoms with Crippen molar-refractivity contribution in [2.75, 3.05) is 0 Å². The van der Waals surface area contributed by atoms with Crippen molar-refractivity contribution in [2.24, 2.45) is 5.73 Å². The van der Waals surface area contributed by atoms with E-state index in [2.05, 4.69) is 4.98 Å². The Morgan fingerprint density at radius 3 is 2.91 bits per heavy atom. The van der Waals surface area contributed by atoms with E-state index in [-0.39, 0.29) is 6.04 Å². The molecule has 0 amide bonds. The first kappa shape index (κ1) is 8.43. The zero-order valence-corrected chi connectivity index (χ0v) is 7.56. The van der Waals surface area contributed by atoms with Gasteiger partial charge in [0.2, 0.25) is 0 Å². The summed E-state index contributed by atoms with van der Waals surface area (Å²) >= 11 is 1.64. The van der Waals surface area contributed by atoms with Crippen LogP contribution in [0, 0.1) is 6.92 Å². The topological polar surface area (TPSA) is 38.9 Å². The van der Waals surface area contributed by atoms with Crippen LogP contribution in [-0.4, -0.2) is 11.0 Å². The van der Waals surface area contributed by atoms with E-state index in [1.54, 1.807) is 11.3 Å². The maximum absolute atomic E-state index is 5.54. The van der Waals surface area contributed by atoms with Crippen molar-refractivity contribution < 1.29 is 0 Å². The number of nitrogens with zero attached hydrogens (tertiary/aromatic N) is 1. The molecule has 60 valence electrons. The van der Waals surface area contributed by atoms with E-state index in [0.717, 1.165) is 10.7 Å². The molecule has 0 aliphatic heterocycles. The molecule has 0 aliphatic rings. The zero-order valence-electron chi connectivity index (χ0n) is 6.74. The van der Waals surface area contributed by atoms with Gasteiger partial charge in [0.25, 0.3) is 0 Å². The maximum atomic E-state index is 5.54. The number of thiazole rings is 1. The summed E-state index contributed by atoms with van der Waals surface area (Å²) in [6, 6.07) is 0.110. The molecule has 0 radical (unpaired) electrons. The normalized spacial score (nSPS) is 14.1. The van der Waals surface area contributed by atoms with Crippen LogP contribution in [0.5, 0.6) is 0 Å². The number of aromatic nitrogens is 1. The van der Waals surface area contributed by atoms with Gasteiger partial charge in [-0.25, -0.2) is 4.98 Å². The first-order valence-electron chi connectivity index (χ1n) is 3.54. The lowest BCUT2D eigenvalue weighted by Crippen LogP contribution is -2.09. The van der Waals surface area contributed by atoms with Crippen molar-refractivity contribution in [2.45, 2.75) is 19.9 Å². The molecular weight excluding hydrogens is 156 g/mol. The number of aryl methyl sites for hydroxylation is 1. The number of hydrogen-bond donors (Lipinski definition) is 1. The zero-order chi connectivity index (χ0) is 8.27. The Hall–Kier alpha value is -0.670. The molecule has 11 heavy (non-hydrogen) atoms. The van der Waals surface area contributed by atoms with E-state index in [4.69, 9.17) is 5.73 Å². The molecule has 0 fully saturated rings. The van der Waals surface area contributed by atoms with E-state index in [1.807, 2.05) is 31.4 Å². The molecule has 1 heterocycles. The van der Waals surface area contributed by atoms with Crippen LogP contribution in [-0.2, 0) is 0 Å². The van der Waals surface area contributed by atoms with E-state index in [9.17, 15) is 0 Å². The monoisotopic (exact) mass is 168 g/mol. The Kier molecular flexibility index (Phi) is 2.79. The predicted octanol–water partition coefficient (Wildman–Crippen LogP) is 1.81. The highest BCUT2D eigenvalue weighted by Crippen LogP contribution is 2.10. The van der Waals surface area contributed by atoms with Crippen molar-refractivity contribution in [1.29, 1.82) is 0 Å². The molecule has 1 aromatic rings. The molecule has 3 heteroatoms. The van der Waals surface area contributed by atoms with Gasteiger partial charge in [-0.05, 0) is 19.9 Å². The smallest absolute Gasteiger partial charge is 0.116 e. The molecule has 0 aliphatic carbocycles. The highest BCUT2D eigenvalue weighted by Gasteiger charge is 1.92. The summed E-state index contributed by atoms with van der Waals surface area (Å²) in [6.45, 7) is 3.93. The van der Waals surface area contributed by atoms with Crippen molar-refractivity contribution in [1.82, 2.24) is 4.98 Å². The van der Waals surface area contributed by atoms with Crippen molar-refractivity contribution in [3.05, 3.63) is 22.2 Å². The molecular formula is C8H12N2S. The van der Waals surface area contributed by atoms with Gasteiger partial charge in [0.1, 0.15) is 5.01 Å². The van der Waals surface area contributed by atoms with E-state index >= 15 is 0 Å². The fourth-order valence-electron chi connectivity index (χ4n) is 0.683. The largest absolute Gasteiger partial charge is 0.325 e. The third kappa shape index (κ3) is 2.82. The number of hydrogen-bond acceptors (Lipinski definition) is 3. The second-order valence-electron chi connectivity index (χ2n) is 2.55. The summed E-state index contributed by atoms with van der Waals surface area (Å²) in [5.74, 6) is 0. The summed E-state index contributed by atoms with van der Waals surface area (Å²) in [4.78, 5) is 4.26. The predicted molar refractivity (Wildman–Crippen MR) is 49.5 cm³/mol. The molecule has 1 rings (SSSR count). The minimum Gasteiger partial charge on any atom is -0.325 e. The number of nitrogens with two attached hydrogens (primary N) is 1. The van der Waals surface area contributed by atoms with Gasteiger partial charge in [-0.2, -0.15) is 0 Å². The first-order chi connectivity index (χ1) is 5.18. The Labute approximate surface area is 70.8 Å². The van der Waals surface area contributed by atoms with Crippen LogP contribution in [0.3, 0.4) is 0 Å². The third-order valence-corrected chi connectivity index (χ3v) is 2.11. The summed E-state index contributed by atoms with van der Waals surface area (Å²) in [6.07, 6.45) is 3.90. The Bertz CT molecular complexity index is 250. The highest BCUT2D eigenvalue weighted by molar-refractivity contribution is 7.10. The molecule has 1 atom stereocenters. The van der Waals surface area contributed by atoms with Gasteiger partial charge < -0.3 is 5.73 Å². The van der Waals surface area contributed by atoms with Crippen LogP contribution in [0.25, 0.3) is 6.08 Å².